The van der Waals surface area contributed by atoms with E-state index >= 15 is 0 Å². The molecule has 10 nitrogen and oxygen atoms in total. The van der Waals surface area contributed by atoms with Crippen LogP contribution in [0.5, 0.6) is 17.2 Å². The van der Waals surface area contributed by atoms with Gasteiger partial charge in [-0.15, -0.1) is 0 Å². The molecule has 0 heterocycles. The van der Waals surface area contributed by atoms with Crippen molar-refractivity contribution in [3.63, 3.8) is 0 Å². The molecule has 2 amide bonds. The summed E-state index contributed by atoms with van der Waals surface area (Å²) in [5, 5.41) is 2.83. The van der Waals surface area contributed by atoms with Gasteiger partial charge < -0.3 is 33.9 Å². The number of alkyl carbamates (subject to hydrolysis) is 1. The molecule has 51 heavy (non-hydrogen) atoms. The van der Waals surface area contributed by atoms with E-state index in [1.807, 2.05) is 81.4 Å². The van der Waals surface area contributed by atoms with E-state index in [9.17, 15) is 14.4 Å². The fourth-order valence-corrected chi connectivity index (χ4v) is 6.33. The third kappa shape index (κ3) is 8.81. The molecule has 0 bridgehead atoms. The van der Waals surface area contributed by atoms with Crippen molar-refractivity contribution >= 4 is 18.0 Å². The highest BCUT2D eigenvalue weighted by atomic mass is 16.5. The predicted octanol–water partition coefficient (Wildman–Crippen LogP) is 6.92. The van der Waals surface area contributed by atoms with Crippen molar-refractivity contribution in [3.8, 4) is 28.4 Å². The number of carbonyl (C=O) groups excluding carboxylic acids is 3. The summed E-state index contributed by atoms with van der Waals surface area (Å²) in [4.78, 5) is 42.5. The van der Waals surface area contributed by atoms with Crippen molar-refractivity contribution in [3.05, 3.63) is 113 Å². The summed E-state index contributed by atoms with van der Waals surface area (Å²) in [6.45, 7) is 7.53. The van der Waals surface area contributed by atoms with Gasteiger partial charge >= 0.3 is 12.1 Å². The second-order valence-electron chi connectivity index (χ2n) is 13.4. The van der Waals surface area contributed by atoms with E-state index in [-0.39, 0.29) is 25.5 Å². The highest BCUT2D eigenvalue weighted by Crippen LogP contribution is 2.44. The zero-order chi connectivity index (χ0) is 36.7. The van der Waals surface area contributed by atoms with Crippen LogP contribution < -0.4 is 19.5 Å². The standard InChI is InChI=1S/C41H46N2O8/c1-26(39(45)49-7)43(24-28-18-21-30(47-5)23-37(28)48-6)38(44)36(22-27-16-19-29(20-17-27)51-41(2,3)4)42-40(46)50-25-35-33-14-10-8-12-31(33)32-13-9-11-15-34(32)35/h8-21,23,26,35-36H,22,24-25H2,1-7H3,(H,42,46)/t26-,36+/m0/s1. The maximum absolute atomic E-state index is 14.6. The van der Waals surface area contributed by atoms with Crippen LogP contribution in [0.2, 0.25) is 0 Å². The molecule has 268 valence electrons. The van der Waals surface area contributed by atoms with Gasteiger partial charge in [-0.1, -0.05) is 60.7 Å². The number of carbonyl (C=O) groups is 3. The average Bonchev–Trinajstić information content (AvgIpc) is 3.45. The summed E-state index contributed by atoms with van der Waals surface area (Å²) < 4.78 is 27.8. The predicted molar refractivity (Wildman–Crippen MR) is 194 cm³/mol. The van der Waals surface area contributed by atoms with Gasteiger partial charge in [-0.3, -0.25) is 4.79 Å². The minimum atomic E-state index is -1.11. The number of methoxy groups -OCH3 is 3. The fourth-order valence-electron chi connectivity index (χ4n) is 6.33. The maximum atomic E-state index is 14.6. The van der Waals surface area contributed by atoms with Crippen LogP contribution in [0.25, 0.3) is 11.1 Å². The molecule has 4 aromatic rings. The lowest BCUT2D eigenvalue weighted by atomic mass is 9.98. The second-order valence-corrected chi connectivity index (χ2v) is 13.4. The van der Waals surface area contributed by atoms with Crippen LogP contribution in [0.1, 0.15) is 55.9 Å². The summed E-state index contributed by atoms with van der Waals surface area (Å²) >= 11 is 0. The molecule has 5 rings (SSSR count). The number of benzene rings is 4. The lowest BCUT2D eigenvalue weighted by Crippen LogP contribution is -2.54. The topological polar surface area (TPSA) is 113 Å². The Balaban J connectivity index is 1.42. The van der Waals surface area contributed by atoms with Gasteiger partial charge in [-0.25, -0.2) is 9.59 Å². The molecule has 0 saturated carbocycles. The number of amides is 2. The molecule has 1 N–H and O–H groups in total. The normalized spacial score (nSPS) is 13.2. The largest absolute Gasteiger partial charge is 0.497 e. The van der Waals surface area contributed by atoms with Gasteiger partial charge in [0.05, 0.1) is 27.9 Å². The van der Waals surface area contributed by atoms with Crippen molar-refractivity contribution in [1.29, 1.82) is 0 Å². The molecule has 2 atom stereocenters. The number of esters is 1. The second kappa shape index (κ2) is 16.0. The third-order valence-electron chi connectivity index (χ3n) is 8.85. The molecule has 1 aliphatic rings. The van der Waals surface area contributed by atoms with Gasteiger partial charge in [-0.05, 0) is 79.8 Å². The Morgan fingerprint density at radius 2 is 1.41 bits per heavy atom. The van der Waals surface area contributed by atoms with Gasteiger partial charge in [0.15, 0.2) is 0 Å². The van der Waals surface area contributed by atoms with Crippen LogP contribution in [-0.4, -0.2) is 68.5 Å². The van der Waals surface area contributed by atoms with Crippen LogP contribution >= 0.6 is 0 Å². The summed E-state index contributed by atoms with van der Waals surface area (Å²) in [6, 6.07) is 26.6. The van der Waals surface area contributed by atoms with Crippen LogP contribution in [0.15, 0.2) is 91.0 Å². The summed E-state index contributed by atoms with van der Waals surface area (Å²) in [6.07, 6.45) is -0.640. The molecule has 0 spiro atoms. The zero-order valence-corrected chi connectivity index (χ0v) is 30.2. The Labute approximate surface area is 299 Å². The zero-order valence-electron chi connectivity index (χ0n) is 30.2. The molecule has 0 unspecified atom stereocenters. The average molecular weight is 695 g/mol. The van der Waals surface area contributed by atoms with E-state index in [1.165, 1.54) is 19.1 Å². The SMILES string of the molecule is COC(=O)[C@H](C)N(Cc1ccc(OC)cc1OC)C(=O)[C@@H](Cc1ccc(OC(C)(C)C)cc1)NC(=O)OCC1c2ccccc2-c2ccccc21. The Bertz CT molecular complexity index is 1800. The number of nitrogens with zero attached hydrogens (tertiary/aromatic N) is 1. The van der Waals surface area contributed by atoms with E-state index in [2.05, 4.69) is 17.4 Å². The number of fused-ring (bicyclic) bond motifs is 3. The van der Waals surface area contributed by atoms with Gasteiger partial charge in [-0.2, -0.15) is 0 Å². The van der Waals surface area contributed by atoms with Crippen molar-refractivity contribution in [1.82, 2.24) is 10.2 Å². The van der Waals surface area contributed by atoms with Crippen molar-refractivity contribution in [2.75, 3.05) is 27.9 Å². The Hall–Kier alpha value is -5.51. The van der Waals surface area contributed by atoms with E-state index in [1.54, 1.807) is 32.2 Å². The van der Waals surface area contributed by atoms with Gasteiger partial charge in [0, 0.05) is 24.0 Å². The first kappa shape index (κ1) is 36.8. The Kier molecular flexibility index (Phi) is 11.5. The quantitative estimate of drug-likeness (QED) is 0.150. The van der Waals surface area contributed by atoms with Crippen molar-refractivity contribution < 1.29 is 38.1 Å². The monoisotopic (exact) mass is 694 g/mol. The molecular formula is C41H46N2O8. The van der Waals surface area contributed by atoms with Crippen LogP contribution in [0.4, 0.5) is 4.79 Å². The third-order valence-corrected chi connectivity index (χ3v) is 8.85. The van der Waals surface area contributed by atoms with Gasteiger partial charge in [0.25, 0.3) is 0 Å². The van der Waals surface area contributed by atoms with Crippen LogP contribution in [0.3, 0.4) is 0 Å². The number of rotatable bonds is 13. The number of hydrogen-bond acceptors (Lipinski definition) is 8. The molecule has 0 fully saturated rings. The number of hydrogen-bond donors (Lipinski definition) is 1. The Morgan fingerprint density at radius 3 is 1.98 bits per heavy atom. The first-order valence-corrected chi connectivity index (χ1v) is 16.9. The lowest BCUT2D eigenvalue weighted by molar-refractivity contribution is -0.153. The number of ether oxygens (including phenoxy) is 5. The van der Waals surface area contributed by atoms with Gasteiger partial charge in [0.2, 0.25) is 5.91 Å². The molecular weight excluding hydrogens is 648 g/mol. The minimum Gasteiger partial charge on any atom is -0.497 e. The van der Waals surface area contributed by atoms with E-state index in [0.717, 1.165) is 27.8 Å². The van der Waals surface area contributed by atoms with Crippen molar-refractivity contribution in [2.45, 2.75) is 64.3 Å². The van der Waals surface area contributed by atoms with Crippen molar-refractivity contribution in [2.24, 2.45) is 0 Å². The van der Waals surface area contributed by atoms with E-state index in [0.29, 0.717) is 22.8 Å². The number of nitrogens with one attached hydrogen (secondary N) is 1. The summed E-state index contributed by atoms with van der Waals surface area (Å²) in [7, 11) is 4.33. The smallest absolute Gasteiger partial charge is 0.407 e. The fraction of sp³-hybridized carbons (Fsp3) is 0.341. The molecule has 4 aromatic carbocycles. The molecule has 10 heteroatoms. The summed E-state index contributed by atoms with van der Waals surface area (Å²) in [5.74, 6) is 0.439. The highest BCUT2D eigenvalue weighted by molar-refractivity contribution is 5.90. The molecule has 0 aromatic heterocycles. The first-order chi connectivity index (χ1) is 24.4. The molecule has 0 radical (unpaired) electrons. The van der Waals surface area contributed by atoms with Crippen LogP contribution in [-0.2, 0) is 32.0 Å². The van der Waals surface area contributed by atoms with Crippen LogP contribution in [0, 0.1) is 0 Å². The van der Waals surface area contributed by atoms with Gasteiger partial charge in [0.1, 0.15) is 41.5 Å². The Morgan fingerprint density at radius 1 is 0.804 bits per heavy atom. The highest BCUT2D eigenvalue weighted by Gasteiger charge is 2.35. The first-order valence-electron chi connectivity index (χ1n) is 16.9. The van der Waals surface area contributed by atoms with E-state index in [4.69, 9.17) is 23.7 Å². The molecule has 0 aliphatic heterocycles. The molecule has 1 aliphatic carbocycles. The lowest BCUT2D eigenvalue weighted by Gasteiger charge is -2.32. The minimum absolute atomic E-state index is 0.0104. The van der Waals surface area contributed by atoms with E-state index < -0.39 is 35.7 Å². The maximum Gasteiger partial charge on any atom is 0.407 e. The molecule has 0 saturated heterocycles. The summed E-state index contributed by atoms with van der Waals surface area (Å²) in [5.41, 5.74) is 5.36.